The number of hydrogen-bond donors (Lipinski definition) is 2. The summed E-state index contributed by atoms with van der Waals surface area (Å²) < 4.78 is 92.9. The normalized spacial score (nSPS) is 17.9. The van der Waals surface area contributed by atoms with Gasteiger partial charge in [0.25, 0.3) is 0 Å². The number of urea groups is 1. The Labute approximate surface area is 225 Å². The third kappa shape index (κ3) is 7.19. The van der Waals surface area contributed by atoms with Crippen LogP contribution in [0.1, 0.15) is 46.7 Å². The quantitative estimate of drug-likeness (QED) is 0.331. The number of carbonyl (C=O) groups is 1. The molecular formula is C27H26F7N5O. The minimum atomic E-state index is -4.96. The van der Waals surface area contributed by atoms with Gasteiger partial charge in [-0.15, -0.1) is 0 Å². The van der Waals surface area contributed by atoms with Gasteiger partial charge in [0.2, 0.25) is 0 Å². The zero-order valence-corrected chi connectivity index (χ0v) is 21.3. The van der Waals surface area contributed by atoms with Gasteiger partial charge in [-0.25, -0.2) is 14.2 Å². The summed E-state index contributed by atoms with van der Waals surface area (Å²) >= 11 is 0. The number of aromatic nitrogens is 2. The minimum absolute atomic E-state index is 0.0664. The summed E-state index contributed by atoms with van der Waals surface area (Å²) in [6.07, 6.45) is -4.55. The second kappa shape index (κ2) is 11.7. The fourth-order valence-corrected chi connectivity index (χ4v) is 4.81. The molecule has 0 bridgehead atoms. The average Bonchev–Trinajstić information content (AvgIpc) is 2.88. The van der Waals surface area contributed by atoms with Crippen LogP contribution in [0.2, 0.25) is 0 Å². The Morgan fingerprint density at radius 2 is 1.73 bits per heavy atom. The molecule has 1 aromatic heterocycles. The molecule has 40 heavy (non-hydrogen) atoms. The first-order valence-corrected chi connectivity index (χ1v) is 12.4. The third-order valence-electron chi connectivity index (χ3n) is 6.71. The maximum Gasteiger partial charge on any atom is 0.416 e. The van der Waals surface area contributed by atoms with E-state index >= 15 is 0 Å². The molecule has 1 fully saturated rings. The van der Waals surface area contributed by atoms with Crippen molar-refractivity contribution in [3.8, 4) is 0 Å². The van der Waals surface area contributed by atoms with Crippen LogP contribution in [0.4, 0.5) is 41.3 Å². The highest BCUT2D eigenvalue weighted by Gasteiger charge is 2.37. The number of rotatable bonds is 6. The van der Waals surface area contributed by atoms with Gasteiger partial charge in [-0.2, -0.15) is 26.3 Å². The second-order valence-electron chi connectivity index (χ2n) is 9.56. The number of halogens is 7. The first-order valence-electron chi connectivity index (χ1n) is 12.4. The molecule has 2 amide bonds. The summed E-state index contributed by atoms with van der Waals surface area (Å²) in [6, 6.07) is 4.51. The smallest absolute Gasteiger partial charge is 0.366 e. The maximum absolute atomic E-state index is 13.8. The van der Waals surface area contributed by atoms with E-state index in [-0.39, 0.29) is 37.2 Å². The van der Waals surface area contributed by atoms with Crippen molar-refractivity contribution in [2.75, 3.05) is 18.4 Å². The predicted molar refractivity (Wildman–Crippen MR) is 133 cm³/mol. The van der Waals surface area contributed by atoms with Gasteiger partial charge in [0.15, 0.2) is 0 Å². The monoisotopic (exact) mass is 569 g/mol. The molecule has 3 aromatic rings. The van der Waals surface area contributed by atoms with E-state index in [0.717, 1.165) is 5.56 Å². The lowest BCUT2D eigenvalue weighted by Gasteiger charge is -2.40. The third-order valence-corrected chi connectivity index (χ3v) is 6.71. The fraction of sp³-hybridized carbons (Fsp3) is 0.370. The number of hydrogen-bond acceptors (Lipinski definition) is 4. The van der Waals surface area contributed by atoms with Crippen LogP contribution in [0.3, 0.4) is 0 Å². The zero-order chi connectivity index (χ0) is 29.1. The molecule has 0 aliphatic carbocycles. The van der Waals surface area contributed by atoms with E-state index in [1.54, 1.807) is 24.1 Å². The molecule has 2 heterocycles. The van der Waals surface area contributed by atoms with Crippen molar-refractivity contribution in [2.24, 2.45) is 0 Å². The lowest BCUT2D eigenvalue weighted by molar-refractivity contribution is -0.143. The topological polar surface area (TPSA) is 70.2 Å². The van der Waals surface area contributed by atoms with Gasteiger partial charge in [-0.1, -0.05) is 6.07 Å². The molecule has 0 unspecified atom stereocenters. The van der Waals surface area contributed by atoms with E-state index in [0.29, 0.717) is 36.4 Å². The van der Waals surface area contributed by atoms with E-state index in [1.807, 2.05) is 0 Å². The summed E-state index contributed by atoms with van der Waals surface area (Å²) in [5, 5.41) is 5.90. The number of piperidine rings is 1. The molecule has 1 aliphatic heterocycles. The summed E-state index contributed by atoms with van der Waals surface area (Å²) in [4.78, 5) is 23.0. The average molecular weight is 570 g/mol. The molecular weight excluding hydrogens is 543 g/mol. The molecule has 4 rings (SSSR count). The first-order chi connectivity index (χ1) is 18.8. The van der Waals surface area contributed by atoms with Gasteiger partial charge in [0.05, 0.1) is 23.4 Å². The van der Waals surface area contributed by atoms with Crippen LogP contribution in [0, 0.1) is 12.7 Å². The Morgan fingerprint density at radius 3 is 2.33 bits per heavy atom. The van der Waals surface area contributed by atoms with Crippen LogP contribution in [-0.4, -0.2) is 40.0 Å². The molecule has 6 nitrogen and oxygen atoms in total. The van der Waals surface area contributed by atoms with Gasteiger partial charge in [-0.05, 0) is 73.2 Å². The predicted octanol–water partition coefficient (Wildman–Crippen LogP) is 6.53. The maximum atomic E-state index is 13.8. The Hall–Kier alpha value is -3.90. The minimum Gasteiger partial charge on any atom is -0.366 e. The van der Waals surface area contributed by atoms with Gasteiger partial charge in [0, 0.05) is 31.5 Å². The van der Waals surface area contributed by atoms with Gasteiger partial charge < -0.3 is 15.5 Å². The lowest BCUT2D eigenvalue weighted by Crippen LogP contribution is -2.49. The molecule has 0 spiro atoms. The summed E-state index contributed by atoms with van der Waals surface area (Å²) in [7, 11) is 0. The Kier molecular flexibility index (Phi) is 8.50. The molecule has 2 aromatic carbocycles. The summed E-state index contributed by atoms with van der Waals surface area (Å²) in [6.45, 7) is 1.82. The SMILES string of the molecule is Cc1cc(F)ccc1[C@H]1C[C@@H](Nc2cnccn2)CCN1C(=O)NCCc1cc(C(F)(F)F)cc(C(F)(F)F)c1. The summed E-state index contributed by atoms with van der Waals surface area (Å²) in [5.41, 5.74) is -1.68. The number of amides is 2. The van der Waals surface area contributed by atoms with E-state index in [4.69, 9.17) is 0 Å². The first kappa shape index (κ1) is 29.1. The zero-order valence-electron chi connectivity index (χ0n) is 21.3. The van der Waals surface area contributed by atoms with E-state index in [9.17, 15) is 35.5 Å². The Balaban J connectivity index is 1.49. The molecule has 13 heteroatoms. The molecule has 1 aliphatic rings. The van der Waals surface area contributed by atoms with Crippen LogP contribution < -0.4 is 10.6 Å². The fourth-order valence-electron chi connectivity index (χ4n) is 4.81. The van der Waals surface area contributed by atoms with Gasteiger partial charge >= 0.3 is 18.4 Å². The Bertz CT molecular complexity index is 1300. The molecule has 1 saturated heterocycles. The van der Waals surface area contributed by atoms with E-state index in [2.05, 4.69) is 20.6 Å². The van der Waals surface area contributed by atoms with Crippen LogP contribution in [0.5, 0.6) is 0 Å². The van der Waals surface area contributed by atoms with Gasteiger partial charge in [-0.3, -0.25) is 4.98 Å². The van der Waals surface area contributed by atoms with E-state index < -0.39 is 41.4 Å². The van der Waals surface area contributed by atoms with Crippen molar-refractivity contribution < 1.29 is 35.5 Å². The molecule has 0 radical (unpaired) electrons. The molecule has 2 atom stereocenters. The molecule has 214 valence electrons. The number of alkyl halides is 6. The van der Waals surface area contributed by atoms with Crippen LogP contribution in [-0.2, 0) is 18.8 Å². The standard InChI is InChI=1S/C27H26F7N5O/c1-16-10-20(28)2-3-22(16)23-14-21(38-24-15-35-7-8-36-24)5-9-39(23)25(40)37-6-4-17-11-18(26(29,30)31)13-19(12-17)27(32,33)34/h2-3,7-8,10-13,15,21,23H,4-6,9,14H2,1H3,(H,36,38)(H,37,40)/t21-,23+/m0/s1. The van der Waals surface area contributed by atoms with Crippen molar-refractivity contribution in [3.05, 3.63) is 88.6 Å². The number of anilines is 1. The van der Waals surface area contributed by atoms with E-state index in [1.165, 1.54) is 24.5 Å². The van der Waals surface area contributed by atoms with Crippen molar-refractivity contribution in [1.82, 2.24) is 20.2 Å². The largest absolute Gasteiger partial charge is 0.416 e. The summed E-state index contributed by atoms with van der Waals surface area (Å²) in [5.74, 6) is 0.126. The number of benzene rings is 2. The number of nitrogens with zero attached hydrogens (tertiary/aromatic N) is 3. The number of likely N-dealkylation sites (tertiary alicyclic amines) is 1. The van der Waals surface area contributed by atoms with Crippen LogP contribution >= 0.6 is 0 Å². The number of aryl methyl sites for hydroxylation is 1. The number of nitrogens with one attached hydrogen (secondary N) is 2. The van der Waals surface area contributed by atoms with Crippen LogP contribution in [0.25, 0.3) is 0 Å². The molecule has 0 saturated carbocycles. The van der Waals surface area contributed by atoms with Crippen molar-refractivity contribution in [2.45, 2.75) is 50.6 Å². The van der Waals surface area contributed by atoms with Gasteiger partial charge in [0.1, 0.15) is 11.6 Å². The second-order valence-corrected chi connectivity index (χ2v) is 9.56. The Morgan fingerprint density at radius 1 is 1.02 bits per heavy atom. The highest BCUT2D eigenvalue weighted by atomic mass is 19.4. The van der Waals surface area contributed by atoms with Crippen molar-refractivity contribution in [1.29, 1.82) is 0 Å². The lowest BCUT2D eigenvalue weighted by atomic mass is 9.89. The number of carbonyl (C=O) groups excluding carboxylic acids is 1. The highest BCUT2D eigenvalue weighted by molar-refractivity contribution is 5.75. The van der Waals surface area contributed by atoms with Crippen molar-refractivity contribution in [3.63, 3.8) is 0 Å². The highest BCUT2D eigenvalue weighted by Crippen LogP contribution is 2.37. The molecule has 2 N–H and O–H groups in total. The van der Waals surface area contributed by atoms with Crippen molar-refractivity contribution >= 4 is 11.8 Å². The van der Waals surface area contributed by atoms with Crippen LogP contribution in [0.15, 0.2) is 55.0 Å².